The van der Waals surface area contributed by atoms with Crippen molar-refractivity contribution >= 4 is 0 Å². The summed E-state index contributed by atoms with van der Waals surface area (Å²) >= 11 is 0. The topological polar surface area (TPSA) is 32.7 Å². The average molecular weight is 259 g/mol. The molecule has 1 rings (SSSR count). The number of nitrogens with zero attached hydrogens (tertiary/aromatic N) is 1. The number of hydrogen-bond donors (Lipinski definition) is 1. The van der Waals surface area contributed by atoms with Gasteiger partial charge in [-0.3, -0.25) is 4.90 Å². The fraction of sp³-hybridized carbons (Fsp3) is 0.538. The molecule has 0 bridgehead atoms. The molecular weight excluding hydrogens is 240 g/mol. The van der Waals surface area contributed by atoms with Gasteiger partial charge >= 0.3 is 0 Å². The van der Waals surface area contributed by atoms with E-state index in [2.05, 4.69) is 0 Å². The summed E-state index contributed by atoms with van der Waals surface area (Å²) < 4.78 is 32.9. The van der Waals surface area contributed by atoms with Crippen LogP contribution in [0.2, 0.25) is 0 Å². The molecule has 5 heteroatoms. The van der Waals surface area contributed by atoms with E-state index in [1.165, 1.54) is 24.1 Å². The first-order valence-corrected chi connectivity index (χ1v) is 5.85. The minimum Gasteiger partial charge on any atom is -0.395 e. The molecule has 1 aromatic rings. The Labute approximate surface area is 106 Å². The Morgan fingerprint density at radius 1 is 1.22 bits per heavy atom. The van der Waals surface area contributed by atoms with Crippen LogP contribution in [0.5, 0.6) is 0 Å². The highest BCUT2D eigenvalue weighted by molar-refractivity contribution is 5.20. The number of rotatable bonds is 8. The lowest BCUT2D eigenvalue weighted by molar-refractivity contribution is -0.0442. The largest absolute Gasteiger partial charge is 0.395 e. The Bertz CT molecular complexity index is 333. The van der Waals surface area contributed by atoms with Crippen molar-refractivity contribution < 1.29 is 18.6 Å². The zero-order valence-corrected chi connectivity index (χ0v) is 10.5. The predicted octanol–water partition coefficient (Wildman–Crippen LogP) is 1.72. The Kier molecular flexibility index (Phi) is 6.18. The van der Waals surface area contributed by atoms with Gasteiger partial charge < -0.3 is 9.84 Å². The third-order valence-corrected chi connectivity index (χ3v) is 2.65. The second-order valence-corrected chi connectivity index (χ2v) is 4.06. The molecule has 102 valence electrons. The Balaban J connectivity index is 2.66. The van der Waals surface area contributed by atoms with E-state index in [1.54, 1.807) is 18.2 Å². The number of methoxy groups -OCH3 is 1. The Hall–Kier alpha value is -1.04. The summed E-state index contributed by atoms with van der Waals surface area (Å²) in [5, 5.41) is 8.88. The van der Waals surface area contributed by atoms with Crippen LogP contribution in [0.3, 0.4) is 0 Å². The van der Waals surface area contributed by atoms with Crippen molar-refractivity contribution in [3.63, 3.8) is 0 Å². The zero-order chi connectivity index (χ0) is 13.4. The summed E-state index contributed by atoms with van der Waals surface area (Å²) in [6.07, 6.45) is 0. The van der Waals surface area contributed by atoms with Gasteiger partial charge in [0.2, 0.25) is 0 Å². The number of aliphatic hydroxyl groups is 1. The van der Waals surface area contributed by atoms with E-state index >= 15 is 0 Å². The van der Waals surface area contributed by atoms with E-state index in [0.717, 1.165) is 0 Å². The van der Waals surface area contributed by atoms with Gasteiger partial charge in [-0.2, -0.15) is 8.78 Å². The summed E-state index contributed by atoms with van der Waals surface area (Å²) in [6.45, 7) is 0.394. The molecule has 0 saturated heterocycles. The van der Waals surface area contributed by atoms with Gasteiger partial charge in [0.1, 0.15) is 0 Å². The van der Waals surface area contributed by atoms with Crippen LogP contribution in [0.25, 0.3) is 0 Å². The maximum absolute atomic E-state index is 14.0. The normalized spacial score (nSPS) is 12.1. The molecule has 18 heavy (non-hydrogen) atoms. The molecule has 3 nitrogen and oxygen atoms in total. The SMILES string of the molecule is COCCN(CCO)CC(F)(F)c1ccccc1. The lowest BCUT2D eigenvalue weighted by Gasteiger charge is -2.26. The summed E-state index contributed by atoms with van der Waals surface area (Å²) in [7, 11) is 1.52. The standard InChI is InChI=1S/C13H19F2NO2/c1-18-10-8-16(7-9-17)11-13(14,15)12-5-3-2-4-6-12/h2-6,17H,7-11H2,1H3. The van der Waals surface area contributed by atoms with Gasteiger partial charge in [0.05, 0.1) is 19.8 Å². The van der Waals surface area contributed by atoms with Crippen molar-refractivity contribution in [2.45, 2.75) is 5.92 Å². The van der Waals surface area contributed by atoms with E-state index in [9.17, 15) is 8.78 Å². The lowest BCUT2D eigenvalue weighted by Crippen LogP contribution is -2.39. The fourth-order valence-electron chi connectivity index (χ4n) is 1.69. The van der Waals surface area contributed by atoms with Gasteiger partial charge in [-0.15, -0.1) is 0 Å². The van der Waals surface area contributed by atoms with Gasteiger partial charge in [0, 0.05) is 25.8 Å². The van der Waals surface area contributed by atoms with Crippen LogP contribution in [-0.2, 0) is 10.7 Å². The third kappa shape index (κ3) is 4.68. The summed E-state index contributed by atoms with van der Waals surface area (Å²) in [4.78, 5) is 1.50. The summed E-state index contributed by atoms with van der Waals surface area (Å²) in [5.41, 5.74) is -0.00893. The van der Waals surface area contributed by atoms with Crippen molar-refractivity contribution in [2.75, 3.05) is 40.0 Å². The molecular formula is C13H19F2NO2. The maximum Gasteiger partial charge on any atom is 0.285 e. The molecule has 1 aromatic carbocycles. The first kappa shape index (κ1) is 15.0. The molecule has 0 unspecified atom stereocenters. The van der Waals surface area contributed by atoms with Gasteiger partial charge in [0.25, 0.3) is 5.92 Å². The molecule has 1 N–H and O–H groups in total. The molecule has 0 aliphatic rings. The summed E-state index contributed by atoms with van der Waals surface area (Å²) in [6, 6.07) is 7.71. The zero-order valence-electron chi connectivity index (χ0n) is 10.5. The average Bonchev–Trinajstić information content (AvgIpc) is 2.37. The molecule has 0 aromatic heterocycles. The van der Waals surface area contributed by atoms with Crippen molar-refractivity contribution in [1.82, 2.24) is 4.90 Å². The van der Waals surface area contributed by atoms with Gasteiger partial charge in [0.15, 0.2) is 0 Å². The van der Waals surface area contributed by atoms with Gasteiger partial charge in [-0.25, -0.2) is 0 Å². The molecule has 0 fully saturated rings. The number of alkyl halides is 2. The second kappa shape index (κ2) is 7.41. The van der Waals surface area contributed by atoms with Crippen LogP contribution in [0.1, 0.15) is 5.56 Å². The summed E-state index contributed by atoms with van der Waals surface area (Å²) in [5.74, 6) is -2.93. The smallest absolute Gasteiger partial charge is 0.285 e. The second-order valence-electron chi connectivity index (χ2n) is 4.06. The monoisotopic (exact) mass is 259 g/mol. The van der Waals surface area contributed by atoms with Crippen LogP contribution >= 0.6 is 0 Å². The van der Waals surface area contributed by atoms with Crippen molar-refractivity contribution in [3.05, 3.63) is 35.9 Å². The van der Waals surface area contributed by atoms with E-state index in [0.29, 0.717) is 13.2 Å². The Morgan fingerprint density at radius 2 is 1.89 bits per heavy atom. The first-order chi connectivity index (χ1) is 8.60. The van der Waals surface area contributed by atoms with Crippen LogP contribution in [0.15, 0.2) is 30.3 Å². The number of halogens is 2. The number of benzene rings is 1. The maximum atomic E-state index is 14.0. The van der Waals surface area contributed by atoms with E-state index in [4.69, 9.17) is 9.84 Å². The van der Waals surface area contributed by atoms with Crippen LogP contribution in [0, 0.1) is 0 Å². The number of hydrogen-bond acceptors (Lipinski definition) is 3. The van der Waals surface area contributed by atoms with Gasteiger partial charge in [-0.05, 0) is 0 Å². The van der Waals surface area contributed by atoms with Crippen LogP contribution in [-0.4, -0.2) is 50.0 Å². The lowest BCUT2D eigenvalue weighted by atomic mass is 10.1. The van der Waals surface area contributed by atoms with Crippen molar-refractivity contribution in [3.8, 4) is 0 Å². The quantitative estimate of drug-likeness (QED) is 0.771. The minimum absolute atomic E-state index is 0.00893. The highest BCUT2D eigenvalue weighted by Crippen LogP contribution is 2.28. The predicted molar refractivity (Wildman–Crippen MR) is 65.7 cm³/mol. The van der Waals surface area contributed by atoms with E-state index in [-0.39, 0.29) is 18.7 Å². The van der Waals surface area contributed by atoms with E-state index < -0.39 is 12.5 Å². The molecule has 0 heterocycles. The third-order valence-electron chi connectivity index (χ3n) is 2.65. The van der Waals surface area contributed by atoms with Gasteiger partial charge in [-0.1, -0.05) is 30.3 Å². The molecule has 0 atom stereocenters. The number of ether oxygens (including phenoxy) is 1. The molecule has 0 aliphatic carbocycles. The van der Waals surface area contributed by atoms with Crippen molar-refractivity contribution in [1.29, 1.82) is 0 Å². The molecule has 0 amide bonds. The molecule has 0 aliphatic heterocycles. The van der Waals surface area contributed by atoms with Crippen LogP contribution in [0.4, 0.5) is 8.78 Å². The fourth-order valence-corrected chi connectivity index (χ4v) is 1.69. The minimum atomic E-state index is -2.93. The molecule has 0 radical (unpaired) electrons. The van der Waals surface area contributed by atoms with E-state index in [1.807, 2.05) is 0 Å². The number of aliphatic hydroxyl groups excluding tert-OH is 1. The highest BCUT2D eigenvalue weighted by Gasteiger charge is 2.33. The first-order valence-electron chi connectivity index (χ1n) is 5.85. The molecule has 0 saturated carbocycles. The highest BCUT2D eigenvalue weighted by atomic mass is 19.3. The Morgan fingerprint density at radius 3 is 2.44 bits per heavy atom. The molecule has 0 spiro atoms. The van der Waals surface area contributed by atoms with Crippen molar-refractivity contribution in [2.24, 2.45) is 0 Å². The van der Waals surface area contributed by atoms with Crippen LogP contribution < -0.4 is 0 Å².